The van der Waals surface area contributed by atoms with Crippen LogP contribution in [0, 0.1) is 0 Å². The molecule has 2 aliphatic heterocycles. The molecule has 0 fully saturated rings. The summed E-state index contributed by atoms with van der Waals surface area (Å²) in [6.07, 6.45) is 1.97. The molecule has 0 bridgehead atoms. The summed E-state index contributed by atoms with van der Waals surface area (Å²) in [4.78, 5) is 30.0. The zero-order valence-electron chi connectivity index (χ0n) is 13.3. The minimum Gasteiger partial charge on any atom is -0.291 e. The summed E-state index contributed by atoms with van der Waals surface area (Å²) in [5.74, 6) is -0.924. The SMILES string of the molecule is CC[C@@H]1c2ccsc2CCN1CN1C(=O)C(=O)c2cc(Cl)ccc21. The monoisotopic (exact) mass is 360 g/mol. The van der Waals surface area contributed by atoms with Gasteiger partial charge in [-0.05, 0) is 48.1 Å². The highest BCUT2D eigenvalue weighted by atomic mass is 35.5. The number of halogens is 1. The number of ketones is 1. The molecule has 3 heterocycles. The maximum absolute atomic E-state index is 12.4. The van der Waals surface area contributed by atoms with E-state index in [-0.39, 0.29) is 0 Å². The van der Waals surface area contributed by atoms with Crippen LogP contribution in [-0.4, -0.2) is 29.8 Å². The zero-order valence-corrected chi connectivity index (χ0v) is 14.9. The summed E-state index contributed by atoms with van der Waals surface area (Å²) in [6.45, 7) is 3.50. The van der Waals surface area contributed by atoms with Crippen molar-refractivity contribution >= 4 is 40.3 Å². The number of thiophene rings is 1. The van der Waals surface area contributed by atoms with Gasteiger partial charge in [-0.2, -0.15) is 0 Å². The number of carbonyl (C=O) groups excluding carboxylic acids is 2. The van der Waals surface area contributed by atoms with Gasteiger partial charge in [0.1, 0.15) is 0 Å². The molecule has 1 aromatic carbocycles. The standard InChI is InChI=1S/C18H17ClN2O2S/c1-2-14-12-6-8-24-16(12)5-7-20(14)10-21-15-4-3-11(19)9-13(15)17(22)18(21)23/h3-4,6,8-9,14H,2,5,7,10H2,1H3/t14-/m1/s1. The molecule has 6 heteroatoms. The number of carbonyl (C=O) groups is 2. The second-order valence-corrected chi connectivity index (χ2v) is 7.59. The number of fused-ring (bicyclic) bond motifs is 2. The summed E-state index contributed by atoms with van der Waals surface area (Å²) in [5.41, 5.74) is 2.44. The van der Waals surface area contributed by atoms with E-state index in [9.17, 15) is 9.59 Å². The lowest BCUT2D eigenvalue weighted by atomic mass is 9.98. The number of hydrogen-bond acceptors (Lipinski definition) is 4. The summed E-state index contributed by atoms with van der Waals surface area (Å²) >= 11 is 7.78. The summed E-state index contributed by atoms with van der Waals surface area (Å²) in [7, 11) is 0. The lowest BCUT2D eigenvalue weighted by Crippen LogP contribution is -2.45. The van der Waals surface area contributed by atoms with Crippen molar-refractivity contribution in [2.24, 2.45) is 0 Å². The third kappa shape index (κ3) is 2.39. The zero-order chi connectivity index (χ0) is 16.8. The third-order valence-electron chi connectivity index (χ3n) is 4.85. The third-order valence-corrected chi connectivity index (χ3v) is 6.08. The van der Waals surface area contributed by atoms with Gasteiger partial charge in [-0.1, -0.05) is 18.5 Å². The topological polar surface area (TPSA) is 40.6 Å². The Bertz CT molecular complexity index is 832. The number of anilines is 1. The van der Waals surface area contributed by atoms with Crippen LogP contribution in [0.1, 0.15) is 40.2 Å². The van der Waals surface area contributed by atoms with Crippen LogP contribution < -0.4 is 4.90 Å². The number of rotatable bonds is 3. The van der Waals surface area contributed by atoms with E-state index in [2.05, 4.69) is 23.3 Å². The molecule has 0 spiro atoms. The van der Waals surface area contributed by atoms with Crippen LogP contribution in [0.25, 0.3) is 0 Å². The molecule has 0 saturated carbocycles. The van der Waals surface area contributed by atoms with E-state index in [1.165, 1.54) is 10.4 Å². The number of nitrogens with zero attached hydrogens (tertiary/aromatic N) is 2. The van der Waals surface area contributed by atoms with Crippen LogP contribution in [0.5, 0.6) is 0 Å². The van der Waals surface area contributed by atoms with Crippen molar-refractivity contribution in [3.05, 3.63) is 50.7 Å². The van der Waals surface area contributed by atoms with Crippen LogP contribution in [-0.2, 0) is 11.2 Å². The fraction of sp³-hybridized carbons (Fsp3) is 0.333. The van der Waals surface area contributed by atoms with Crippen molar-refractivity contribution in [1.29, 1.82) is 0 Å². The van der Waals surface area contributed by atoms with Gasteiger partial charge in [-0.25, -0.2) is 0 Å². The van der Waals surface area contributed by atoms with E-state index in [4.69, 9.17) is 11.6 Å². The second-order valence-electron chi connectivity index (χ2n) is 6.15. The van der Waals surface area contributed by atoms with Crippen molar-refractivity contribution in [1.82, 2.24) is 4.90 Å². The van der Waals surface area contributed by atoms with Crippen molar-refractivity contribution in [2.45, 2.75) is 25.8 Å². The molecule has 0 N–H and O–H groups in total. The number of hydrogen-bond donors (Lipinski definition) is 0. The summed E-state index contributed by atoms with van der Waals surface area (Å²) in [5, 5.41) is 2.61. The quantitative estimate of drug-likeness (QED) is 0.779. The molecule has 0 aliphatic carbocycles. The largest absolute Gasteiger partial charge is 0.300 e. The average Bonchev–Trinajstić information content (AvgIpc) is 3.14. The highest BCUT2D eigenvalue weighted by Gasteiger charge is 2.38. The molecule has 1 amide bonds. The van der Waals surface area contributed by atoms with E-state index in [1.54, 1.807) is 34.4 Å². The maximum Gasteiger partial charge on any atom is 0.300 e. The molecule has 4 nitrogen and oxygen atoms in total. The van der Waals surface area contributed by atoms with Crippen LogP contribution in [0.15, 0.2) is 29.6 Å². The normalized spacial score (nSPS) is 20.4. The molecule has 2 aromatic rings. The first kappa shape index (κ1) is 15.8. The van der Waals surface area contributed by atoms with E-state index in [0.717, 1.165) is 19.4 Å². The van der Waals surface area contributed by atoms with Gasteiger partial charge in [0.05, 0.1) is 17.9 Å². The van der Waals surface area contributed by atoms with E-state index >= 15 is 0 Å². The molecular formula is C18H17ClN2O2S. The fourth-order valence-electron chi connectivity index (χ4n) is 3.69. The van der Waals surface area contributed by atoms with Crippen LogP contribution >= 0.6 is 22.9 Å². The molecule has 0 saturated heterocycles. The van der Waals surface area contributed by atoms with Gasteiger partial charge in [-0.15, -0.1) is 11.3 Å². The maximum atomic E-state index is 12.4. The smallest absolute Gasteiger partial charge is 0.291 e. The summed E-state index contributed by atoms with van der Waals surface area (Å²) in [6, 6.07) is 7.55. The Labute approximate surface area is 149 Å². The summed E-state index contributed by atoms with van der Waals surface area (Å²) < 4.78 is 0. The van der Waals surface area contributed by atoms with Gasteiger partial charge in [0, 0.05) is 22.5 Å². The first-order valence-electron chi connectivity index (χ1n) is 8.06. The first-order chi connectivity index (χ1) is 11.6. The van der Waals surface area contributed by atoms with Gasteiger partial charge < -0.3 is 0 Å². The van der Waals surface area contributed by atoms with Crippen LogP contribution in [0.3, 0.4) is 0 Å². The molecule has 0 radical (unpaired) electrons. The Morgan fingerprint density at radius 1 is 1.29 bits per heavy atom. The number of Topliss-reactive ketones (excluding diaryl/α,β-unsaturated/α-hetero) is 1. The van der Waals surface area contributed by atoms with Crippen molar-refractivity contribution in [3.63, 3.8) is 0 Å². The lowest BCUT2D eigenvalue weighted by Gasteiger charge is -2.37. The molecule has 2 aliphatic rings. The fourth-order valence-corrected chi connectivity index (χ4v) is 4.79. The van der Waals surface area contributed by atoms with Crippen molar-refractivity contribution < 1.29 is 9.59 Å². The Morgan fingerprint density at radius 3 is 2.92 bits per heavy atom. The molecule has 24 heavy (non-hydrogen) atoms. The number of amides is 1. The Kier molecular flexibility index (Phi) is 3.95. The highest BCUT2D eigenvalue weighted by Crippen LogP contribution is 2.37. The van der Waals surface area contributed by atoms with Crippen molar-refractivity contribution in [3.8, 4) is 0 Å². The molecule has 1 atom stereocenters. The highest BCUT2D eigenvalue weighted by molar-refractivity contribution is 7.10. The predicted molar refractivity (Wildman–Crippen MR) is 95.9 cm³/mol. The van der Waals surface area contributed by atoms with E-state index in [1.807, 2.05) is 0 Å². The van der Waals surface area contributed by atoms with Gasteiger partial charge >= 0.3 is 5.91 Å². The number of benzene rings is 1. The molecule has 1 aromatic heterocycles. The second kappa shape index (κ2) is 5.99. The lowest BCUT2D eigenvalue weighted by molar-refractivity contribution is -0.114. The van der Waals surface area contributed by atoms with E-state index < -0.39 is 11.7 Å². The van der Waals surface area contributed by atoms with Crippen LogP contribution in [0.4, 0.5) is 5.69 Å². The molecule has 124 valence electrons. The average molecular weight is 361 g/mol. The van der Waals surface area contributed by atoms with Gasteiger partial charge in [0.2, 0.25) is 0 Å². The molecule has 0 unspecified atom stereocenters. The minimum absolute atomic E-state index is 0.291. The van der Waals surface area contributed by atoms with Crippen LogP contribution in [0.2, 0.25) is 5.02 Å². The Morgan fingerprint density at radius 2 is 2.12 bits per heavy atom. The Hall–Kier alpha value is -1.69. The van der Waals surface area contributed by atoms with Gasteiger partial charge in [-0.3, -0.25) is 19.4 Å². The Balaban J connectivity index is 1.64. The van der Waals surface area contributed by atoms with Gasteiger partial charge in [0.25, 0.3) is 5.78 Å². The first-order valence-corrected chi connectivity index (χ1v) is 9.32. The predicted octanol–water partition coefficient (Wildman–Crippen LogP) is 3.90. The molecular weight excluding hydrogens is 344 g/mol. The minimum atomic E-state index is -0.464. The van der Waals surface area contributed by atoms with Gasteiger partial charge in [0.15, 0.2) is 0 Å². The molecule has 4 rings (SSSR count). The van der Waals surface area contributed by atoms with Crippen molar-refractivity contribution in [2.75, 3.05) is 18.1 Å². The van der Waals surface area contributed by atoms with E-state index in [0.29, 0.717) is 29.0 Å².